The van der Waals surface area contributed by atoms with Crippen molar-refractivity contribution in [2.75, 3.05) is 6.61 Å². The average Bonchev–Trinajstić information content (AvgIpc) is 2.75. The van der Waals surface area contributed by atoms with Crippen molar-refractivity contribution in [3.8, 4) is 11.5 Å². The maximum atomic E-state index is 12.9. The van der Waals surface area contributed by atoms with Crippen LogP contribution in [0, 0.1) is 5.82 Å². The number of carbonyl (C=O) groups excluding carboxylic acids is 2. The molecular formula is C22H16BrFN2O4. The van der Waals surface area contributed by atoms with Crippen LogP contribution in [0.5, 0.6) is 11.5 Å². The molecule has 0 aliphatic heterocycles. The maximum absolute atomic E-state index is 12.9. The van der Waals surface area contributed by atoms with E-state index >= 15 is 0 Å². The molecule has 3 rings (SSSR count). The molecule has 0 saturated heterocycles. The van der Waals surface area contributed by atoms with E-state index in [4.69, 9.17) is 9.47 Å². The lowest BCUT2D eigenvalue weighted by molar-refractivity contribution is -0.123. The van der Waals surface area contributed by atoms with Gasteiger partial charge in [-0.15, -0.1) is 0 Å². The molecule has 0 aliphatic carbocycles. The van der Waals surface area contributed by atoms with E-state index < -0.39 is 17.7 Å². The van der Waals surface area contributed by atoms with Gasteiger partial charge in [-0.2, -0.15) is 5.10 Å². The topological polar surface area (TPSA) is 77.0 Å². The first kappa shape index (κ1) is 21.2. The summed E-state index contributed by atoms with van der Waals surface area (Å²) in [6.07, 6.45) is 1.36. The minimum absolute atomic E-state index is 0.285. The van der Waals surface area contributed by atoms with Gasteiger partial charge in [-0.25, -0.2) is 14.6 Å². The molecule has 0 saturated carbocycles. The molecule has 0 aromatic heterocycles. The molecular weight excluding hydrogens is 455 g/mol. The van der Waals surface area contributed by atoms with Crippen molar-refractivity contribution in [3.63, 3.8) is 0 Å². The van der Waals surface area contributed by atoms with Gasteiger partial charge in [0, 0.05) is 10.0 Å². The Bertz CT molecular complexity index is 1060. The Morgan fingerprint density at radius 3 is 2.50 bits per heavy atom. The lowest BCUT2D eigenvalue weighted by atomic mass is 10.2. The second-order valence-corrected chi connectivity index (χ2v) is 6.89. The maximum Gasteiger partial charge on any atom is 0.343 e. The zero-order valence-corrected chi connectivity index (χ0v) is 17.1. The number of hydrogen-bond acceptors (Lipinski definition) is 5. The molecule has 1 amide bonds. The Labute approximate surface area is 180 Å². The van der Waals surface area contributed by atoms with Crippen LogP contribution in [-0.2, 0) is 4.79 Å². The Balaban J connectivity index is 1.60. The highest BCUT2D eigenvalue weighted by molar-refractivity contribution is 9.10. The van der Waals surface area contributed by atoms with Crippen LogP contribution in [0.15, 0.2) is 82.4 Å². The zero-order chi connectivity index (χ0) is 21.3. The van der Waals surface area contributed by atoms with E-state index in [2.05, 4.69) is 26.5 Å². The Morgan fingerprint density at radius 2 is 1.77 bits per heavy atom. The molecule has 0 unspecified atom stereocenters. The van der Waals surface area contributed by atoms with Gasteiger partial charge >= 0.3 is 5.97 Å². The van der Waals surface area contributed by atoms with Crippen LogP contribution in [0.3, 0.4) is 0 Å². The second kappa shape index (κ2) is 10.3. The fraction of sp³-hybridized carbons (Fsp3) is 0.0455. The molecule has 0 bridgehead atoms. The highest BCUT2D eigenvalue weighted by atomic mass is 79.9. The van der Waals surface area contributed by atoms with Crippen molar-refractivity contribution >= 4 is 34.0 Å². The molecule has 0 fully saturated rings. The number of nitrogens with zero attached hydrogens (tertiary/aromatic N) is 1. The minimum atomic E-state index is -0.510. The fourth-order valence-electron chi connectivity index (χ4n) is 2.33. The van der Waals surface area contributed by atoms with Crippen molar-refractivity contribution in [1.29, 1.82) is 0 Å². The molecule has 3 aromatic carbocycles. The van der Waals surface area contributed by atoms with Gasteiger partial charge in [0.2, 0.25) is 0 Å². The summed E-state index contributed by atoms with van der Waals surface area (Å²) in [7, 11) is 0. The summed E-state index contributed by atoms with van der Waals surface area (Å²) < 4.78 is 24.3. The Hall–Kier alpha value is -3.52. The van der Waals surface area contributed by atoms with Crippen molar-refractivity contribution in [2.45, 2.75) is 0 Å². The fourth-order valence-corrected chi connectivity index (χ4v) is 2.71. The molecule has 30 heavy (non-hydrogen) atoms. The highest BCUT2D eigenvalue weighted by Gasteiger charge is 2.11. The van der Waals surface area contributed by atoms with Crippen LogP contribution < -0.4 is 14.9 Å². The largest absolute Gasteiger partial charge is 0.484 e. The molecule has 6 nitrogen and oxygen atoms in total. The number of esters is 1. The van der Waals surface area contributed by atoms with E-state index in [0.717, 1.165) is 4.47 Å². The third kappa shape index (κ3) is 6.25. The number of carbonyl (C=O) groups is 2. The van der Waals surface area contributed by atoms with Gasteiger partial charge in [0.1, 0.15) is 17.3 Å². The van der Waals surface area contributed by atoms with Crippen LogP contribution in [0.2, 0.25) is 0 Å². The number of nitrogens with one attached hydrogen (secondary N) is 1. The zero-order valence-electron chi connectivity index (χ0n) is 15.5. The summed E-state index contributed by atoms with van der Waals surface area (Å²) in [5.41, 5.74) is 3.21. The van der Waals surface area contributed by atoms with Crippen molar-refractivity contribution < 1.29 is 23.5 Å². The molecule has 8 heteroatoms. The van der Waals surface area contributed by atoms with Gasteiger partial charge in [-0.3, -0.25) is 4.79 Å². The lowest BCUT2D eigenvalue weighted by Crippen LogP contribution is -2.24. The van der Waals surface area contributed by atoms with Gasteiger partial charge in [-0.05, 0) is 54.6 Å². The highest BCUT2D eigenvalue weighted by Crippen LogP contribution is 2.23. The molecule has 0 aliphatic rings. The van der Waals surface area contributed by atoms with E-state index in [1.165, 1.54) is 30.5 Å². The molecule has 3 aromatic rings. The number of rotatable bonds is 7. The first-order chi connectivity index (χ1) is 14.5. The average molecular weight is 471 g/mol. The Morgan fingerprint density at radius 1 is 1.03 bits per heavy atom. The number of halogens is 2. The Kier molecular flexibility index (Phi) is 7.29. The molecule has 0 radical (unpaired) electrons. The van der Waals surface area contributed by atoms with E-state index in [-0.39, 0.29) is 12.4 Å². The summed E-state index contributed by atoms with van der Waals surface area (Å²) in [5, 5.41) is 3.87. The van der Waals surface area contributed by atoms with Gasteiger partial charge in [0.25, 0.3) is 5.91 Å². The van der Waals surface area contributed by atoms with Crippen LogP contribution in [-0.4, -0.2) is 24.7 Å². The van der Waals surface area contributed by atoms with Crippen LogP contribution in [0.1, 0.15) is 15.9 Å². The SMILES string of the molecule is O=C(COc1ccc(F)cc1)N/N=C/c1cc(Br)ccc1OC(=O)c1ccccc1. The normalized spacial score (nSPS) is 10.6. The molecule has 0 atom stereocenters. The summed E-state index contributed by atoms with van der Waals surface area (Å²) in [6.45, 7) is -0.294. The number of ether oxygens (including phenoxy) is 2. The van der Waals surface area contributed by atoms with E-state index in [1.54, 1.807) is 48.5 Å². The van der Waals surface area contributed by atoms with Crippen LogP contribution in [0.25, 0.3) is 0 Å². The van der Waals surface area contributed by atoms with E-state index in [0.29, 0.717) is 16.9 Å². The standard InChI is InChI=1S/C22H16BrFN2O4/c23-17-6-11-20(30-22(28)15-4-2-1-3-5-15)16(12-17)13-25-26-21(27)14-29-19-9-7-18(24)8-10-19/h1-13H,14H2,(H,26,27)/b25-13+. The first-order valence-electron chi connectivity index (χ1n) is 8.78. The molecule has 0 spiro atoms. The summed E-state index contributed by atoms with van der Waals surface area (Å²) in [4.78, 5) is 24.2. The minimum Gasteiger partial charge on any atom is -0.484 e. The summed E-state index contributed by atoms with van der Waals surface area (Å²) in [5.74, 6) is -0.767. The van der Waals surface area contributed by atoms with E-state index in [1.807, 2.05) is 0 Å². The van der Waals surface area contributed by atoms with Gasteiger partial charge in [-0.1, -0.05) is 34.1 Å². The molecule has 152 valence electrons. The quantitative estimate of drug-likeness (QED) is 0.241. The van der Waals surface area contributed by atoms with Crippen LogP contribution >= 0.6 is 15.9 Å². The predicted octanol–water partition coefficient (Wildman–Crippen LogP) is 4.34. The summed E-state index contributed by atoms with van der Waals surface area (Å²) in [6, 6.07) is 18.9. The number of benzene rings is 3. The van der Waals surface area contributed by atoms with Crippen LogP contribution in [0.4, 0.5) is 4.39 Å². The number of amides is 1. The third-order valence-corrected chi connectivity index (χ3v) is 4.25. The van der Waals surface area contributed by atoms with Gasteiger partial charge in [0.15, 0.2) is 6.61 Å². The van der Waals surface area contributed by atoms with Crippen molar-refractivity contribution in [2.24, 2.45) is 5.10 Å². The monoisotopic (exact) mass is 470 g/mol. The van der Waals surface area contributed by atoms with Crippen molar-refractivity contribution in [1.82, 2.24) is 5.43 Å². The number of hydrogen-bond donors (Lipinski definition) is 1. The third-order valence-electron chi connectivity index (χ3n) is 3.76. The van der Waals surface area contributed by atoms with E-state index in [9.17, 15) is 14.0 Å². The smallest absolute Gasteiger partial charge is 0.343 e. The van der Waals surface area contributed by atoms with Gasteiger partial charge in [0.05, 0.1) is 11.8 Å². The number of hydrazone groups is 1. The van der Waals surface area contributed by atoms with Crippen molar-refractivity contribution in [3.05, 3.63) is 94.2 Å². The van der Waals surface area contributed by atoms with Gasteiger partial charge < -0.3 is 9.47 Å². The second-order valence-electron chi connectivity index (χ2n) is 5.97. The first-order valence-corrected chi connectivity index (χ1v) is 9.57. The molecule has 1 N–H and O–H groups in total. The lowest BCUT2D eigenvalue weighted by Gasteiger charge is -2.08. The predicted molar refractivity (Wildman–Crippen MR) is 113 cm³/mol. The molecule has 0 heterocycles. The summed E-state index contributed by atoms with van der Waals surface area (Å²) >= 11 is 3.35.